The van der Waals surface area contributed by atoms with Crippen molar-refractivity contribution < 1.29 is 26.7 Å². The molecular formula is C14H17ClF3NO3S. The molecule has 0 radical (unpaired) electrons. The fraction of sp³-hybridized carbons (Fsp3) is 0.571. The lowest BCUT2D eigenvalue weighted by Crippen LogP contribution is -2.25. The molecular weight excluding hydrogens is 355 g/mol. The fourth-order valence-electron chi connectivity index (χ4n) is 3.06. The third kappa shape index (κ3) is 3.44. The normalized spacial score (nSPS) is 18.3. The van der Waals surface area contributed by atoms with Gasteiger partial charge in [0.25, 0.3) is 9.84 Å². The molecule has 1 atom stereocenters. The summed E-state index contributed by atoms with van der Waals surface area (Å²) in [5, 5.41) is 9.35. The van der Waals surface area contributed by atoms with Crippen LogP contribution in [-0.2, 0) is 9.84 Å². The van der Waals surface area contributed by atoms with Crippen LogP contribution in [0.4, 0.5) is 18.9 Å². The fourth-order valence-corrected chi connectivity index (χ4v) is 4.28. The monoisotopic (exact) mass is 371 g/mol. The van der Waals surface area contributed by atoms with Crippen LogP contribution in [0.15, 0.2) is 17.0 Å². The summed E-state index contributed by atoms with van der Waals surface area (Å²) in [6.07, 6.45) is 3.60. The summed E-state index contributed by atoms with van der Waals surface area (Å²) >= 11 is 5.84. The minimum atomic E-state index is -5.61. The minimum Gasteiger partial charge on any atom is -0.396 e. The topological polar surface area (TPSA) is 80.4 Å². The van der Waals surface area contributed by atoms with Crippen molar-refractivity contribution in [3.05, 3.63) is 22.7 Å². The van der Waals surface area contributed by atoms with E-state index in [1.54, 1.807) is 0 Å². The summed E-state index contributed by atoms with van der Waals surface area (Å²) in [4.78, 5) is -1.05. The molecule has 130 valence electrons. The number of benzene rings is 1. The molecule has 0 spiro atoms. The number of aliphatic hydroxyl groups excluding tert-OH is 1. The Morgan fingerprint density at radius 1 is 1.30 bits per heavy atom. The van der Waals surface area contributed by atoms with Crippen molar-refractivity contribution in [2.24, 2.45) is 5.92 Å². The van der Waals surface area contributed by atoms with Crippen molar-refractivity contribution in [1.82, 2.24) is 0 Å². The zero-order chi connectivity index (χ0) is 17.4. The molecule has 0 amide bonds. The van der Waals surface area contributed by atoms with Crippen molar-refractivity contribution in [1.29, 1.82) is 0 Å². The molecule has 1 unspecified atom stereocenters. The molecule has 9 heteroatoms. The Hall–Kier alpha value is -0.990. The highest BCUT2D eigenvalue weighted by atomic mass is 35.5. The SMILES string of the molecule is Nc1c(Cl)cc(C(CO)C2CCCC2)cc1S(=O)(=O)C(F)(F)F. The van der Waals surface area contributed by atoms with Crippen LogP contribution in [-0.4, -0.2) is 25.6 Å². The third-order valence-electron chi connectivity index (χ3n) is 4.30. The van der Waals surface area contributed by atoms with Gasteiger partial charge in [-0.1, -0.05) is 24.4 Å². The summed E-state index contributed by atoms with van der Waals surface area (Å²) in [5.41, 5.74) is -0.375. The molecule has 0 heterocycles. The molecule has 23 heavy (non-hydrogen) atoms. The summed E-state index contributed by atoms with van der Waals surface area (Å²) in [6, 6.07) is 2.23. The van der Waals surface area contributed by atoms with Gasteiger partial charge in [0.2, 0.25) is 0 Å². The highest BCUT2D eigenvalue weighted by Crippen LogP contribution is 2.42. The van der Waals surface area contributed by atoms with Gasteiger partial charge in [0.1, 0.15) is 4.90 Å². The first-order valence-corrected chi connectivity index (χ1v) is 8.96. The molecule has 4 nitrogen and oxygen atoms in total. The van der Waals surface area contributed by atoms with E-state index in [-0.39, 0.29) is 23.1 Å². The quantitative estimate of drug-likeness (QED) is 0.794. The molecule has 1 aromatic carbocycles. The Bertz CT molecular complexity index is 685. The molecule has 1 aliphatic rings. The van der Waals surface area contributed by atoms with Crippen molar-refractivity contribution in [3.63, 3.8) is 0 Å². The number of sulfone groups is 1. The summed E-state index contributed by atoms with van der Waals surface area (Å²) < 4.78 is 61.8. The van der Waals surface area contributed by atoms with Gasteiger partial charge in [0.15, 0.2) is 0 Å². The Kier molecular flexibility index (Phi) is 5.18. The van der Waals surface area contributed by atoms with E-state index >= 15 is 0 Å². The first-order chi connectivity index (χ1) is 10.6. The number of halogens is 4. The van der Waals surface area contributed by atoms with Crippen LogP contribution >= 0.6 is 11.6 Å². The molecule has 1 saturated carbocycles. The molecule has 0 aliphatic heterocycles. The van der Waals surface area contributed by atoms with Crippen molar-refractivity contribution in [2.45, 2.75) is 42.0 Å². The average Bonchev–Trinajstić information content (AvgIpc) is 2.95. The maximum Gasteiger partial charge on any atom is 0.501 e. The molecule has 0 bridgehead atoms. The van der Waals surface area contributed by atoms with Crippen LogP contribution in [0.3, 0.4) is 0 Å². The molecule has 0 aromatic heterocycles. The number of hydrogen-bond donors (Lipinski definition) is 2. The number of nitrogen functional groups attached to an aromatic ring is 1. The van der Waals surface area contributed by atoms with E-state index in [9.17, 15) is 26.7 Å². The number of anilines is 1. The lowest BCUT2D eigenvalue weighted by atomic mass is 9.85. The van der Waals surface area contributed by atoms with E-state index in [1.807, 2.05) is 0 Å². The Labute approximate surface area is 137 Å². The second-order valence-corrected chi connectivity index (χ2v) is 8.01. The highest BCUT2D eigenvalue weighted by Gasteiger charge is 2.48. The Morgan fingerprint density at radius 3 is 2.35 bits per heavy atom. The number of rotatable bonds is 4. The minimum absolute atomic E-state index is 0.0844. The summed E-state index contributed by atoms with van der Waals surface area (Å²) in [5.74, 6) is -0.376. The largest absolute Gasteiger partial charge is 0.501 e. The predicted molar refractivity (Wildman–Crippen MR) is 80.9 cm³/mol. The standard InChI is InChI=1S/C14H17ClF3NO3S/c15-11-5-9(10(7-20)8-3-1-2-4-8)6-12(13(11)19)23(21,22)14(16,17)18/h5-6,8,10,20H,1-4,7,19H2. The van der Waals surface area contributed by atoms with Gasteiger partial charge in [-0.2, -0.15) is 13.2 Å². The van der Waals surface area contributed by atoms with E-state index < -0.39 is 31.8 Å². The van der Waals surface area contributed by atoms with Crippen LogP contribution in [0.5, 0.6) is 0 Å². The van der Waals surface area contributed by atoms with Gasteiger partial charge in [-0.25, -0.2) is 8.42 Å². The molecule has 3 N–H and O–H groups in total. The van der Waals surface area contributed by atoms with Gasteiger partial charge in [0, 0.05) is 5.92 Å². The lowest BCUT2D eigenvalue weighted by molar-refractivity contribution is -0.0435. The number of nitrogens with two attached hydrogens (primary N) is 1. The predicted octanol–water partition coefficient (Wildman–Crippen LogP) is 3.48. The maximum absolute atomic E-state index is 12.8. The van der Waals surface area contributed by atoms with E-state index in [2.05, 4.69) is 0 Å². The van der Waals surface area contributed by atoms with Crippen molar-refractivity contribution >= 4 is 27.1 Å². The molecule has 1 fully saturated rings. The first kappa shape index (κ1) is 18.4. The first-order valence-electron chi connectivity index (χ1n) is 7.10. The smallest absolute Gasteiger partial charge is 0.396 e. The maximum atomic E-state index is 12.8. The van der Waals surface area contributed by atoms with Gasteiger partial charge in [-0.15, -0.1) is 0 Å². The van der Waals surface area contributed by atoms with Gasteiger partial charge >= 0.3 is 5.51 Å². The van der Waals surface area contributed by atoms with Crippen molar-refractivity contribution in [3.8, 4) is 0 Å². The van der Waals surface area contributed by atoms with Gasteiger partial charge in [-0.3, -0.25) is 0 Å². The van der Waals surface area contributed by atoms with E-state index in [0.717, 1.165) is 31.7 Å². The van der Waals surface area contributed by atoms with Crippen LogP contribution in [0.2, 0.25) is 5.02 Å². The van der Waals surface area contributed by atoms with E-state index in [0.29, 0.717) is 0 Å². The lowest BCUT2D eigenvalue weighted by Gasteiger charge is -2.23. The van der Waals surface area contributed by atoms with E-state index in [1.165, 1.54) is 6.07 Å². The molecule has 1 aliphatic carbocycles. The molecule has 0 saturated heterocycles. The Balaban J connectivity index is 2.56. The molecule has 2 rings (SSSR count). The van der Waals surface area contributed by atoms with Crippen LogP contribution in [0.25, 0.3) is 0 Å². The third-order valence-corrected chi connectivity index (χ3v) is 6.14. The summed E-state index contributed by atoms with van der Waals surface area (Å²) in [6.45, 7) is -0.295. The second-order valence-electron chi connectivity index (χ2n) is 5.70. The van der Waals surface area contributed by atoms with Gasteiger partial charge in [0.05, 0.1) is 17.3 Å². The van der Waals surface area contributed by atoms with Gasteiger partial charge in [-0.05, 0) is 36.5 Å². The zero-order valence-electron chi connectivity index (χ0n) is 12.1. The number of alkyl halides is 3. The zero-order valence-corrected chi connectivity index (χ0v) is 13.7. The van der Waals surface area contributed by atoms with Crippen LogP contribution < -0.4 is 5.73 Å². The highest BCUT2D eigenvalue weighted by molar-refractivity contribution is 7.92. The average molecular weight is 372 g/mol. The summed E-state index contributed by atoms with van der Waals surface area (Å²) in [7, 11) is -5.61. The Morgan fingerprint density at radius 2 is 1.87 bits per heavy atom. The van der Waals surface area contributed by atoms with Crippen molar-refractivity contribution in [2.75, 3.05) is 12.3 Å². The van der Waals surface area contributed by atoms with E-state index in [4.69, 9.17) is 17.3 Å². The molecule has 1 aromatic rings. The number of hydrogen-bond acceptors (Lipinski definition) is 4. The number of aliphatic hydroxyl groups is 1. The van der Waals surface area contributed by atoms with Crippen LogP contribution in [0, 0.1) is 5.92 Å². The van der Waals surface area contributed by atoms with Crippen LogP contribution in [0.1, 0.15) is 37.2 Å². The second kappa shape index (κ2) is 6.49. The van der Waals surface area contributed by atoms with Gasteiger partial charge < -0.3 is 10.8 Å².